The van der Waals surface area contributed by atoms with Crippen LogP contribution >= 0.6 is 0 Å². The van der Waals surface area contributed by atoms with Crippen LogP contribution in [0.5, 0.6) is 0 Å². The normalized spacial score (nSPS) is 38.1. The molecule has 2 aliphatic carbocycles. The molecule has 0 aromatic carbocycles. The minimum absolute atomic E-state index is 0.757. The highest BCUT2D eigenvalue weighted by Crippen LogP contribution is 2.49. The van der Waals surface area contributed by atoms with Crippen molar-refractivity contribution in [3.63, 3.8) is 0 Å². The Morgan fingerprint density at radius 2 is 1.93 bits per heavy atom. The molecule has 0 amide bonds. The lowest BCUT2D eigenvalue weighted by Crippen LogP contribution is -2.38. The molecule has 2 rings (SSSR count). The van der Waals surface area contributed by atoms with Crippen molar-refractivity contribution in [2.45, 2.75) is 52.5 Å². The molecule has 0 unspecified atom stereocenters. The summed E-state index contributed by atoms with van der Waals surface area (Å²) in [5.74, 6) is 3.94. The van der Waals surface area contributed by atoms with Crippen LogP contribution in [0.4, 0.5) is 0 Å². The zero-order valence-electron chi connectivity index (χ0n) is 9.92. The summed E-state index contributed by atoms with van der Waals surface area (Å²) in [5.41, 5.74) is 0. The van der Waals surface area contributed by atoms with Crippen molar-refractivity contribution in [2.24, 2.45) is 23.7 Å². The SMILES string of the molecule is CC(C)CN[C@@H](C)[C@H]1C[C@@H]2CC[C@@H]1C2. The average Bonchev–Trinajstić information content (AvgIpc) is 2.74. The summed E-state index contributed by atoms with van der Waals surface area (Å²) in [6.45, 7) is 8.17. The monoisotopic (exact) mass is 195 g/mol. The van der Waals surface area contributed by atoms with E-state index in [1.54, 1.807) is 6.42 Å². The van der Waals surface area contributed by atoms with Crippen LogP contribution in [0.25, 0.3) is 0 Å². The van der Waals surface area contributed by atoms with Crippen molar-refractivity contribution < 1.29 is 0 Å². The molecule has 0 aromatic heterocycles. The van der Waals surface area contributed by atoms with Gasteiger partial charge in [-0.3, -0.25) is 0 Å². The van der Waals surface area contributed by atoms with E-state index >= 15 is 0 Å². The Hall–Kier alpha value is -0.0400. The Morgan fingerprint density at radius 3 is 2.43 bits per heavy atom. The van der Waals surface area contributed by atoms with Crippen LogP contribution in [-0.4, -0.2) is 12.6 Å². The zero-order chi connectivity index (χ0) is 10.1. The van der Waals surface area contributed by atoms with E-state index < -0.39 is 0 Å². The second-order valence-corrected chi connectivity index (χ2v) is 5.93. The van der Waals surface area contributed by atoms with Gasteiger partial charge in [0, 0.05) is 6.04 Å². The quantitative estimate of drug-likeness (QED) is 0.727. The number of hydrogen-bond donors (Lipinski definition) is 1. The first-order chi connectivity index (χ1) is 6.66. The van der Waals surface area contributed by atoms with Gasteiger partial charge in [-0.2, -0.15) is 0 Å². The molecule has 2 fully saturated rings. The largest absolute Gasteiger partial charge is 0.314 e. The number of hydrogen-bond acceptors (Lipinski definition) is 1. The van der Waals surface area contributed by atoms with E-state index in [-0.39, 0.29) is 0 Å². The summed E-state index contributed by atoms with van der Waals surface area (Å²) in [6, 6.07) is 0.757. The van der Waals surface area contributed by atoms with Crippen molar-refractivity contribution in [2.75, 3.05) is 6.54 Å². The van der Waals surface area contributed by atoms with Crippen LogP contribution in [0.1, 0.15) is 46.5 Å². The number of rotatable bonds is 4. The van der Waals surface area contributed by atoms with Crippen molar-refractivity contribution in [3.8, 4) is 0 Å². The van der Waals surface area contributed by atoms with E-state index in [2.05, 4.69) is 26.1 Å². The highest BCUT2D eigenvalue weighted by molar-refractivity contribution is 4.93. The fourth-order valence-electron chi connectivity index (χ4n) is 3.48. The third kappa shape index (κ3) is 2.13. The molecule has 82 valence electrons. The molecule has 0 radical (unpaired) electrons. The minimum Gasteiger partial charge on any atom is -0.314 e. The van der Waals surface area contributed by atoms with Gasteiger partial charge in [0.25, 0.3) is 0 Å². The van der Waals surface area contributed by atoms with Crippen LogP contribution < -0.4 is 5.32 Å². The topological polar surface area (TPSA) is 12.0 Å². The maximum absolute atomic E-state index is 3.71. The predicted molar refractivity (Wildman–Crippen MR) is 61.2 cm³/mol. The van der Waals surface area contributed by atoms with Gasteiger partial charge in [0.15, 0.2) is 0 Å². The van der Waals surface area contributed by atoms with Crippen molar-refractivity contribution >= 4 is 0 Å². The highest BCUT2D eigenvalue weighted by atomic mass is 14.9. The van der Waals surface area contributed by atoms with Gasteiger partial charge in [-0.25, -0.2) is 0 Å². The molecule has 0 aromatic rings. The molecule has 14 heavy (non-hydrogen) atoms. The van der Waals surface area contributed by atoms with Gasteiger partial charge in [0.2, 0.25) is 0 Å². The summed E-state index contributed by atoms with van der Waals surface area (Å²) < 4.78 is 0. The molecule has 0 saturated heterocycles. The lowest BCUT2D eigenvalue weighted by molar-refractivity contribution is 0.255. The fourth-order valence-corrected chi connectivity index (χ4v) is 3.48. The summed E-state index contributed by atoms with van der Waals surface area (Å²) >= 11 is 0. The maximum atomic E-state index is 3.71. The van der Waals surface area contributed by atoms with Crippen molar-refractivity contribution in [1.29, 1.82) is 0 Å². The Bertz CT molecular complexity index is 188. The van der Waals surface area contributed by atoms with Gasteiger partial charge in [-0.05, 0) is 56.4 Å². The van der Waals surface area contributed by atoms with E-state index in [1.165, 1.54) is 25.8 Å². The lowest BCUT2D eigenvalue weighted by Gasteiger charge is -2.29. The zero-order valence-corrected chi connectivity index (χ0v) is 9.92. The Labute approximate surface area is 88.7 Å². The van der Waals surface area contributed by atoms with Gasteiger partial charge in [0.05, 0.1) is 0 Å². The van der Waals surface area contributed by atoms with Gasteiger partial charge in [0.1, 0.15) is 0 Å². The molecule has 2 saturated carbocycles. The molecule has 2 bridgehead atoms. The molecule has 1 nitrogen and oxygen atoms in total. The summed E-state index contributed by atoms with van der Waals surface area (Å²) in [5, 5.41) is 3.71. The summed E-state index contributed by atoms with van der Waals surface area (Å²) in [4.78, 5) is 0. The average molecular weight is 195 g/mol. The first-order valence-corrected chi connectivity index (χ1v) is 6.40. The molecule has 1 heteroatoms. The van der Waals surface area contributed by atoms with Crippen molar-refractivity contribution in [1.82, 2.24) is 5.32 Å². The van der Waals surface area contributed by atoms with E-state index in [0.717, 1.165) is 29.7 Å². The molecule has 2 aliphatic rings. The first kappa shape index (κ1) is 10.5. The number of nitrogens with one attached hydrogen (secondary N) is 1. The van der Waals surface area contributed by atoms with E-state index in [0.29, 0.717) is 0 Å². The Morgan fingerprint density at radius 1 is 1.14 bits per heavy atom. The lowest BCUT2D eigenvalue weighted by atomic mass is 9.84. The fraction of sp³-hybridized carbons (Fsp3) is 1.00. The number of fused-ring (bicyclic) bond motifs is 2. The summed E-state index contributed by atoms with van der Waals surface area (Å²) in [6.07, 6.45) is 6.09. The van der Waals surface area contributed by atoms with Crippen LogP contribution in [-0.2, 0) is 0 Å². The van der Waals surface area contributed by atoms with Gasteiger partial charge >= 0.3 is 0 Å². The predicted octanol–water partition coefficient (Wildman–Crippen LogP) is 3.06. The highest BCUT2D eigenvalue weighted by Gasteiger charge is 2.41. The Balaban J connectivity index is 1.78. The Kier molecular flexibility index (Phi) is 3.16. The molecular weight excluding hydrogens is 170 g/mol. The smallest absolute Gasteiger partial charge is 0.00698 e. The first-order valence-electron chi connectivity index (χ1n) is 6.40. The van der Waals surface area contributed by atoms with Crippen LogP contribution in [0.15, 0.2) is 0 Å². The van der Waals surface area contributed by atoms with Crippen LogP contribution in [0, 0.1) is 23.7 Å². The minimum atomic E-state index is 0.757. The van der Waals surface area contributed by atoms with E-state index in [9.17, 15) is 0 Å². The molecule has 4 atom stereocenters. The van der Waals surface area contributed by atoms with Gasteiger partial charge in [-0.1, -0.05) is 20.3 Å². The molecule has 1 N–H and O–H groups in total. The van der Waals surface area contributed by atoms with Crippen LogP contribution in [0.3, 0.4) is 0 Å². The molecular formula is C13H25N. The van der Waals surface area contributed by atoms with Gasteiger partial charge < -0.3 is 5.32 Å². The van der Waals surface area contributed by atoms with E-state index in [4.69, 9.17) is 0 Å². The molecule has 0 aliphatic heterocycles. The van der Waals surface area contributed by atoms with E-state index in [1.807, 2.05) is 0 Å². The van der Waals surface area contributed by atoms with Gasteiger partial charge in [-0.15, -0.1) is 0 Å². The second-order valence-electron chi connectivity index (χ2n) is 5.93. The summed E-state index contributed by atoms with van der Waals surface area (Å²) in [7, 11) is 0. The maximum Gasteiger partial charge on any atom is 0.00698 e. The third-order valence-electron chi connectivity index (χ3n) is 4.28. The second kappa shape index (κ2) is 4.22. The van der Waals surface area contributed by atoms with Crippen LogP contribution in [0.2, 0.25) is 0 Å². The van der Waals surface area contributed by atoms with Crippen molar-refractivity contribution in [3.05, 3.63) is 0 Å². The molecule has 0 spiro atoms. The third-order valence-corrected chi connectivity index (χ3v) is 4.28. The molecule has 0 heterocycles. The standard InChI is InChI=1S/C13H25N/c1-9(2)8-14-10(3)13-7-11-4-5-12(13)6-11/h9-14H,4-8H2,1-3H3/t10-,11+,12+,13+/m0/s1.